The van der Waals surface area contributed by atoms with Crippen LogP contribution in [0.15, 0.2) is 39.8 Å². The summed E-state index contributed by atoms with van der Waals surface area (Å²) in [5, 5.41) is 14.3. The molecule has 1 aromatic heterocycles. The number of halogens is 1. The number of aromatic nitrogens is 2. The number of aliphatic hydroxyl groups excluding tert-OH is 1. The molecule has 1 atom stereocenters. The van der Waals surface area contributed by atoms with Gasteiger partial charge in [0, 0.05) is 17.7 Å². The molecule has 0 aliphatic carbocycles. The van der Waals surface area contributed by atoms with E-state index in [1.807, 2.05) is 7.05 Å². The molecule has 3 nitrogen and oxygen atoms in total. The van der Waals surface area contributed by atoms with Gasteiger partial charge in [-0.1, -0.05) is 17.7 Å². The van der Waals surface area contributed by atoms with E-state index >= 15 is 0 Å². The molecule has 0 aliphatic heterocycles. The molecule has 0 aliphatic rings. The highest BCUT2D eigenvalue weighted by Gasteiger charge is 2.16. The van der Waals surface area contributed by atoms with Crippen LogP contribution >= 0.6 is 27.7 Å². The molecule has 0 bridgehead atoms. The van der Waals surface area contributed by atoms with Crippen LogP contribution in [0.4, 0.5) is 0 Å². The van der Waals surface area contributed by atoms with Crippen molar-refractivity contribution in [3.63, 3.8) is 0 Å². The average molecular weight is 327 g/mol. The van der Waals surface area contributed by atoms with Crippen molar-refractivity contribution in [2.45, 2.75) is 17.9 Å². The van der Waals surface area contributed by atoms with E-state index in [0.717, 1.165) is 15.1 Å². The predicted octanol–water partition coefficient (Wildman–Crippen LogP) is 3.32. The topological polar surface area (TPSA) is 38.1 Å². The van der Waals surface area contributed by atoms with Gasteiger partial charge in [0.05, 0.1) is 16.4 Å². The normalized spacial score (nSPS) is 12.7. The Kier molecular flexibility index (Phi) is 4.48. The highest BCUT2D eigenvalue weighted by molar-refractivity contribution is 9.10. The lowest BCUT2D eigenvalue weighted by atomic mass is 10.2. The molecule has 2 aromatic rings. The lowest BCUT2D eigenvalue weighted by molar-refractivity contribution is 0.193. The second kappa shape index (κ2) is 5.91. The zero-order valence-corrected chi connectivity index (χ0v) is 12.7. The Morgan fingerprint density at radius 2 is 2.06 bits per heavy atom. The van der Waals surface area contributed by atoms with Gasteiger partial charge in [-0.25, -0.2) is 0 Å². The Hall–Kier alpha value is -0.780. The van der Waals surface area contributed by atoms with E-state index in [-0.39, 0.29) is 0 Å². The number of rotatable bonds is 4. The average Bonchev–Trinajstić information content (AvgIpc) is 2.68. The van der Waals surface area contributed by atoms with Crippen LogP contribution in [0, 0.1) is 6.92 Å². The summed E-state index contributed by atoms with van der Waals surface area (Å²) in [7, 11) is 1.83. The van der Waals surface area contributed by atoms with Gasteiger partial charge >= 0.3 is 0 Å². The van der Waals surface area contributed by atoms with Gasteiger partial charge in [-0.15, -0.1) is 11.8 Å². The fourth-order valence-corrected chi connectivity index (χ4v) is 3.13. The summed E-state index contributed by atoms with van der Waals surface area (Å²) >= 11 is 5.04. The Bertz CT molecular complexity index is 505. The summed E-state index contributed by atoms with van der Waals surface area (Å²) in [6.07, 6.45) is 1.17. The number of aryl methyl sites for hydroxylation is 2. The lowest BCUT2D eigenvalue weighted by Gasteiger charge is -2.11. The van der Waals surface area contributed by atoms with Crippen LogP contribution in [-0.2, 0) is 7.05 Å². The Labute approximate surface area is 119 Å². The molecule has 0 saturated heterocycles. The van der Waals surface area contributed by atoms with Gasteiger partial charge in [0.1, 0.15) is 6.10 Å². The minimum Gasteiger partial charge on any atom is -0.386 e. The fraction of sp³-hybridized carbons (Fsp3) is 0.308. The molecular formula is C13H15BrN2OS. The summed E-state index contributed by atoms with van der Waals surface area (Å²) in [5.41, 5.74) is 2.06. The smallest absolute Gasteiger partial charge is 0.106 e. The van der Waals surface area contributed by atoms with E-state index in [0.29, 0.717) is 5.75 Å². The molecule has 0 fully saturated rings. The number of hydrogen-bond acceptors (Lipinski definition) is 3. The van der Waals surface area contributed by atoms with Gasteiger partial charge in [0.2, 0.25) is 0 Å². The summed E-state index contributed by atoms with van der Waals surface area (Å²) in [4.78, 5) is 1.16. The predicted molar refractivity (Wildman–Crippen MR) is 77.8 cm³/mol. The van der Waals surface area contributed by atoms with Crippen LogP contribution in [0.5, 0.6) is 0 Å². The second-order valence-corrected chi connectivity index (χ2v) is 6.09. The van der Waals surface area contributed by atoms with Crippen LogP contribution in [0.1, 0.15) is 17.4 Å². The fourth-order valence-electron chi connectivity index (χ4n) is 1.68. The van der Waals surface area contributed by atoms with E-state index in [4.69, 9.17) is 0 Å². The van der Waals surface area contributed by atoms with E-state index in [1.165, 1.54) is 5.56 Å². The zero-order valence-electron chi connectivity index (χ0n) is 10.3. The first-order chi connectivity index (χ1) is 8.58. The number of thioether (sulfide) groups is 1. The van der Waals surface area contributed by atoms with Crippen molar-refractivity contribution < 1.29 is 5.11 Å². The van der Waals surface area contributed by atoms with Crippen LogP contribution in [-0.4, -0.2) is 20.6 Å². The first kappa shape index (κ1) is 13.6. The van der Waals surface area contributed by atoms with Crippen LogP contribution in [0.3, 0.4) is 0 Å². The van der Waals surface area contributed by atoms with Gasteiger partial charge in [-0.2, -0.15) is 5.10 Å². The number of benzene rings is 1. The molecular weight excluding hydrogens is 312 g/mol. The van der Waals surface area contributed by atoms with Crippen LogP contribution in [0.25, 0.3) is 0 Å². The van der Waals surface area contributed by atoms with Crippen molar-refractivity contribution in [3.05, 3.63) is 46.2 Å². The molecule has 5 heteroatoms. The molecule has 1 unspecified atom stereocenters. The molecule has 96 valence electrons. The first-order valence-electron chi connectivity index (χ1n) is 5.63. The van der Waals surface area contributed by atoms with Crippen molar-refractivity contribution in [2.75, 3.05) is 5.75 Å². The molecule has 18 heavy (non-hydrogen) atoms. The van der Waals surface area contributed by atoms with E-state index in [1.54, 1.807) is 22.6 Å². The number of aliphatic hydroxyl groups is 1. The quantitative estimate of drug-likeness (QED) is 0.876. The van der Waals surface area contributed by atoms with Crippen molar-refractivity contribution in [2.24, 2.45) is 7.05 Å². The number of nitrogens with zero attached hydrogens (tertiary/aromatic N) is 2. The third kappa shape index (κ3) is 3.16. The van der Waals surface area contributed by atoms with Crippen molar-refractivity contribution in [1.82, 2.24) is 9.78 Å². The third-order valence-electron chi connectivity index (χ3n) is 2.68. The third-order valence-corrected chi connectivity index (χ3v) is 4.38. The molecule has 0 amide bonds. The van der Waals surface area contributed by atoms with E-state index < -0.39 is 6.10 Å². The maximum atomic E-state index is 10.2. The largest absolute Gasteiger partial charge is 0.386 e. The Balaban J connectivity index is 2.00. The summed E-state index contributed by atoms with van der Waals surface area (Å²) < 4.78 is 2.55. The maximum Gasteiger partial charge on any atom is 0.106 e. The highest BCUT2D eigenvalue weighted by atomic mass is 79.9. The van der Waals surface area contributed by atoms with Gasteiger partial charge in [-0.05, 0) is 35.0 Å². The van der Waals surface area contributed by atoms with E-state index in [2.05, 4.69) is 52.2 Å². The lowest BCUT2D eigenvalue weighted by Crippen LogP contribution is -2.08. The molecule has 1 N–H and O–H groups in total. The summed E-state index contributed by atoms with van der Waals surface area (Å²) in [5.74, 6) is 0.612. The minimum absolute atomic E-state index is 0.529. The maximum absolute atomic E-state index is 10.2. The standard InChI is InChI=1S/C13H15BrN2OS/c1-9-3-5-10(6-4-9)18-8-12(17)13-11(14)7-15-16(13)2/h3-7,12,17H,8H2,1-2H3. The summed E-state index contributed by atoms with van der Waals surface area (Å²) in [6.45, 7) is 2.07. The number of hydrogen-bond donors (Lipinski definition) is 1. The van der Waals surface area contributed by atoms with Crippen molar-refractivity contribution in [1.29, 1.82) is 0 Å². The van der Waals surface area contributed by atoms with Crippen LogP contribution < -0.4 is 0 Å². The molecule has 0 radical (unpaired) electrons. The van der Waals surface area contributed by atoms with Gasteiger partial charge in [0.15, 0.2) is 0 Å². The SMILES string of the molecule is Cc1ccc(SCC(O)c2c(Br)cnn2C)cc1. The molecule has 0 spiro atoms. The van der Waals surface area contributed by atoms with Crippen molar-refractivity contribution in [3.8, 4) is 0 Å². The van der Waals surface area contributed by atoms with Gasteiger partial charge < -0.3 is 5.11 Å². The van der Waals surface area contributed by atoms with Gasteiger partial charge in [0.25, 0.3) is 0 Å². The Morgan fingerprint density at radius 3 is 2.61 bits per heavy atom. The van der Waals surface area contributed by atoms with Crippen molar-refractivity contribution >= 4 is 27.7 Å². The van der Waals surface area contributed by atoms with E-state index in [9.17, 15) is 5.11 Å². The Morgan fingerprint density at radius 1 is 1.39 bits per heavy atom. The minimum atomic E-state index is -0.529. The molecule has 1 aromatic carbocycles. The highest BCUT2D eigenvalue weighted by Crippen LogP contribution is 2.28. The second-order valence-electron chi connectivity index (χ2n) is 4.14. The molecule has 0 saturated carbocycles. The monoisotopic (exact) mass is 326 g/mol. The zero-order chi connectivity index (χ0) is 13.1. The van der Waals surface area contributed by atoms with Crippen LogP contribution in [0.2, 0.25) is 0 Å². The summed E-state index contributed by atoms with van der Waals surface area (Å²) in [6, 6.07) is 8.30. The molecule has 1 heterocycles. The van der Waals surface area contributed by atoms with Gasteiger partial charge in [-0.3, -0.25) is 4.68 Å². The first-order valence-corrected chi connectivity index (χ1v) is 7.40. The molecule has 2 rings (SSSR count).